The summed E-state index contributed by atoms with van der Waals surface area (Å²) in [4.78, 5) is 13.0. The number of hydrazine groups is 1. The van der Waals surface area contributed by atoms with Crippen molar-refractivity contribution in [1.29, 1.82) is 0 Å². The molecule has 0 atom stereocenters. The molecule has 0 saturated heterocycles. The van der Waals surface area contributed by atoms with Gasteiger partial charge in [-0.2, -0.15) is 0 Å². The highest BCUT2D eigenvalue weighted by molar-refractivity contribution is 5.94. The van der Waals surface area contributed by atoms with E-state index in [9.17, 15) is 4.79 Å². The smallest absolute Gasteiger partial charge is 0.223 e. The third-order valence-corrected chi connectivity index (χ3v) is 2.52. The molecule has 1 aliphatic rings. The maximum atomic E-state index is 11.2. The minimum atomic E-state index is 0.0946. The molecule has 4 nitrogen and oxygen atoms in total. The van der Waals surface area contributed by atoms with Crippen molar-refractivity contribution in [2.75, 3.05) is 16.9 Å². The van der Waals surface area contributed by atoms with Crippen molar-refractivity contribution in [2.45, 2.75) is 13.3 Å². The van der Waals surface area contributed by atoms with Crippen molar-refractivity contribution in [3.8, 4) is 0 Å². The normalized spacial score (nSPS) is 14.0. The average Bonchev–Trinajstić information content (AvgIpc) is 2.59. The molecule has 1 heterocycles. The first-order valence-corrected chi connectivity index (χ1v) is 4.60. The SMILES string of the molecule is CC(=O)N1CCc2cc(NN)ccc21. The molecule has 0 spiro atoms. The number of hydrogen-bond acceptors (Lipinski definition) is 3. The maximum absolute atomic E-state index is 11.2. The van der Waals surface area contributed by atoms with Crippen LogP contribution in [0.4, 0.5) is 11.4 Å². The summed E-state index contributed by atoms with van der Waals surface area (Å²) in [5.74, 6) is 5.40. The van der Waals surface area contributed by atoms with E-state index in [1.165, 1.54) is 5.56 Å². The fraction of sp³-hybridized carbons (Fsp3) is 0.300. The van der Waals surface area contributed by atoms with Crippen LogP contribution in [0.2, 0.25) is 0 Å². The summed E-state index contributed by atoms with van der Waals surface area (Å²) in [6.45, 7) is 2.36. The van der Waals surface area contributed by atoms with E-state index in [0.29, 0.717) is 0 Å². The number of carbonyl (C=O) groups excluding carboxylic acids is 1. The Labute approximate surface area is 82.7 Å². The topological polar surface area (TPSA) is 58.4 Å². The Morgan fingerprint density at radius 1 is 1.57 bits per heavy atom. The molecular formula is C10H13N3O. The second-order valence-corrected chi connectivity index (χ2v) is 3.41. The number of nitrogen functional groups attached to an aromatic ring is 1. The second kappa shape index (κ2) is 3.31. The van der Waals surface area contributed by atoms with Crippen LogP contribution >= 0.6 is 0 Å². The summed E-state index contributed by atoms with van der Waals surface area (Å²) < 4.78 is 0. The standard InChI is InChI=1S/C10H13N3O/c1-7(14)13-5-4-8-6-9(12-11)2-3-10(8)13/h2-3,6,12H,4-5,11H2,1H3. The zero-order valence-corrected chi connectivity index (χ0v) is 8.08. The molecule has 2 rings (SSSR count). The van der Waals surface area contributed by atoms with Crippen LogP contribution in [0.25, 0.3) is 0 Å². The second-order valence-electron chi connectivity index (χ2n) is 3.41. The number of nitrogens with one attached hydrogen (secondary N) is 1. The van der Waals surface area contributed by atoms with Crippen molar-refractivity contribution in [3.05, 3.63) is 23.8 Å². The summed E-state index contributed by atoms with van der Waals surface area (Å²) in [7, 11) is 0. The van der Waals surface area contributed by atoms with E-state index in [0.717, 1.165) is 24.3 Å². The van der Waals surface area contributed by atoms with Crippen molar-refractivity contribution in [2.24, 2.45) is 5.84 Å². The zero-order valence-electron chi connectivity index (χ0n) is 8.08. The Bertz CT molecular complexity index is 376. The monoisotopic (exact) mass is 191 g/mol. The van der Waals surface area contributed by atoms with Gasteiger partial charge in [-0.3, -0.25) is 10.6 Å². The molecule has 0 unspecified atom stereocenters. The van der Waals surface area contributed by atoms with E-state index in [1.54, 1.807) is 11.8 Å². The first kappa shape index (κ1) is 9.02. The molecule has 4 heteroatoms. The van der Waals surface area contributed by atoms with Gasteiger partial charge >= 0.3 is 0 Å². The number of carbonyl (C=O) groups is 1. The largest absolute Gasteiger partial charge is 0.324 e. The van der Waals surface area contributed by atoms with Gasteiger partial charge < -0.3 is 10.3 Å². The van der Waals surface area contributed by atoms with Gasteiger partial charge in [-0.25, -0.2) is 0 Å². The van der Waals surface area contributed by atoms with Crippen molar-refractivity contribution >= 4 is 17.3 Å². The fourth-order valence-corrected chi connectivity index (χ4v) is 1.82. The summed E-state index contributed by atoms with van der Waals surface area (Å²) in [5.41, 5.74) is 5.67. The van der Waals surface area contributed by atoms with Gasteiger partial charge in [0.15, 0.2) is 0 Å². The molecule has 14 heavy (non-hydrogen) atoms. The summed E-state index contributed by atoms with van der Waals surface area (Å²) in [6.07, 6.45) is 0.907. The highest BCUT2D eigenvalue weighted by Gasteiger charge is 2.21. The number of benzene rings is 1. The van der Waals surface area contributed by atoms with Crippen LogP contribution < -0.4 is 16.2 Å². The molecule has 0 saturated carbocycles. The molecule has 0 radical (unpaired) electrons. The molecule has 74 valence electrons. The van der Waals surface area contributed by atoms with Crippen molar-refractivity contribution < 1.29 is 4.79 Å². The van der Waals surface area contributed by atoms with E-state index in [1.807, 2.05) is 18.2 Å². The lowest BCUT2D eigenvalue weighted by Gasteiger charge is -2.14. The highest BCUT2D eigenvalue weighted by atomic mass is 16.2. The molecule has 3 N–H and O–H groups in total. The van der Waals surface area contributed by atoms with Gasteiger partial charge in [-0.05, 0) is 30.2 Å². The number of amides is 1. The van der Waals surface area contributed by atoms with Crippen molar-refractivity contribution in [1.82, 2.24) is 0 Å². The third-order valence-electron chi connectivity index (χ3n) is 2.52. The number of fused-ring (bicyclic) bond motifs is 1. The molecule has 1 aliphatic heterocycles. The fourth-order valence-electron chi connectivity index (χ4n) is 1.82. The highest BCUT2D eigenvalue weighted by Crippen LogP contribution is 2.29. The maximum Gasteiger partial charge on any atom is 0.223 e. The molecule has 1 aromatic rings. The van der Waals surface area contributed by atoms with E-state index < -0.39 is 0 Å². The van der Waals surface area contributed by atoms with Crippen LogP contribution in [0.5, 0.6) is 0 Å². The Morgan fingerprint density at radius 3 is 3.00 bits per heavy atom. The molecular weight excluding hydrogens is 178 g/mol. The number of nitrogens with two attached hydrogens (primary N) is 1. The number of hydrogen-bond donors (Lipinski definition) is 2. The van der Waals surface area contributed by atoms with Crippen LogP contribution in [-0.4, -0.2) is 12.5 Å². The van der Waals surface area contributed by atoms with Crippen LogP contribution in [0.3, 0.4) is 0 Å². The number of rotatable bonds is 1. The minimum Gasteiger partial charge on any atom is -0.324 e. The van der Waals surface area contributed by atoms with E-state index in [-0.39, 0.29) is 5.91 Å². The quantitative estimate of drug-likeness (QED) is 0.511. The van der Waals surface area contributed by atoms with Crippen LogP contribution in [-0.2, 0) is 11.2 Å². The summed E-state index contributed by atoms with van der Waals surface area (Å²) in [5, 5.41) is 0. The van der Waals surface area contributed by atoms with Gasteiger partial charge in [0.1, 0.15) is 0 Å². The molecule has 0 bridgehead atoms. The third kappa shape index (κ3) is 1.33. The lowest BCUT2D eigenvalue weighted by atomic mass is 10.1. The Balaban J connectivity index is 2.38. The molecule has 0 aromatic heterocycles. The Morgan fingerprint density at radius 2 is 2.36 bits per heavy atom. The molecule has 0 fully saturated rings. The zero-order chi connectivity index (χ0) is 10.1. The lowest BCUT2D eigenvalue weighted by molar-refractivity contribution is -0.116. The van der Waals surface area contributed by atoms with Gasteiger partial charge in [0.2, 0.25) is 5.91 Å². The van der Waals surface area contributed by atoms with Gasteiger partial charge in [-0.1, -0.05) is 0 Å². The summed E-state index contributed by atoms with van der Waals surface area (Å²) in [6, 6.07) is 5.79. The van der Waals surface area contributed by atoms with E-state index in [2.05, 4.69) is 5.43 Å². The molecule has 1 aromatic carbocycles. The van der Waals surface area contributed by atoms with Crippen LogP contribution in [0.15, 0.2) is 18.2 Å². The van der Waals surface area contributed by atoms with Crippen molar-refractivity contribution in [3.63, 3.8) is 0 Å². The minimum absolute atomic E-state index is 0.0946. The summed E-state index contributed by atoms with van der Waals surface area (Å²) >= 11 is 0. The van der Waals surface area contributed by atoms with Crippen LogP contribution in [0, 0.1) is 0 Å². The first-order valence-electron chi connectivity index (χ1n) is 4.60. The lowest BCUT2D eigenvalue weighted by Crippen LogP contribution is -2.25. The van der Waals surface area contributed by atoms with E-state index in [4.69, 9.17) is 5.84 Å². The number of anilines is 2. The Hall–Kier alpha value is -1.55. The molecule has 0 aliphatic carbocycles. The Kier molecular flexibility index (Phi) is 2.13. The van der Waals surface area contributed by atoms with Gasteiger partial charge in [0, 0.05) is 24.8 Å². The van der Waals surface area contributed by atoms with Gasteiger partial charge in [0.05, 0.1) is 0 Å². The van der Waals surface area contributed by atoms with Gasteiger partial charge in [0.25, 0.3) is 0 Å². The predicted molar refractivity (Wildman–Crippen MR) is 56.0 cm³/mol. The first-order chi connectivity index (χ1) is 6.72. The van der Waals surface area contributed by atoms with E-state index >= 15 is 0 Å². The molecule has 1 amide bonds. The average molecular weight is 191 g/mol. The number of nitrogens with zero attached hydrogens (tertiary/aromatic N) is 1. The van der Waals surface area contributed by atoms with Crippen LogP contribution in [0.1, 0.15) is 12.5 Å². The van der Waals surface area contributed by atoms with Gasteiger partial charge in [-0.15, -0.1) is 0 Å². The predicted octanol–water partition coefficient (Wildman–Crippen LogP) is 0.881.